The second-order valence-corrected chi connectivity index (χ2v) is 3.32. The SMILES string of the molecule is CCCC(C)C(C)CC([O])=O. The number of hydrogen-bond acceptors (Lipinski definition) is 1. The van der Waals surface area contributed by atoms with Crippen molar-refractivity contribution in [2.45, 2.75) is 40.0 Å². The van der Waals surface area contributed by atoms with Crippen molar-refractivity contribution >= 4 is 5.97 Å². The van der Waals surface area contributed by atoms with Crippen LogP contribution >= 0.6 is 0 Å². The molecule has 0 fully saturated rings. The standard InChI is InChI=1S/C9H17O2/c1-4-5-7(2)8(3)6-9(10)11/h7-8H,4-6H2,1-3H3. The van der Waals surface area contributed by atoms with Gasteiger partial charge in [0.25, 0.3) is 0 Å². The number of hydrogen-bond donors (Lipinski definition) is 0. The topological polar surface area (TPSA) is 37.0 Å². The molecule has 0 aromatic rings. The minimum absolute atomic E-state index is 0.196. The molecule has 0 aromatic heterocycles. The van der Waals surface area contributed by atoms with Gasteiger partial charge in [-0.05, 0) is 11.8 Å². The minimum atomic E-state index is -0.930. The summed E-state index contributed by atoms with van der Waals surface area (Å²) in [5.41, 5.74) is 0. The van der Waals surface area contributed by atoms with Gasteiger partial charge in [0.2, 0.25) is 0 Å². The van der Waals surface area contributed by atoms with E-state index in [-0.39, 0.29) is 12.3 Å². The molecule has 11 heavy (non-hydrogen) atoms. The van der Waals surface area contributed by atoms with Crippen molar-refractivity contribution in [2.75, 3.05) is 0 Å². The van der Waals surface area contributed by atoms with Gasteiger partial charge >= 0.3 is 5.97 Å². The van der Waals surface area contributed by atoms with Gasteiger partial charge in [0.15, 0.2) is 0 Å². The van der Waals surface area contributed by atoms with E-state index in [1.54, 1.807) is 0 Å². The maximum Gasteiger partial charge on any atom is 0.355 e. The van der Waals surface area contributed by atoms with Gasteiger partial charge in [0.1, 0.15) is 0 Å². The molecule has 2 heteroatoms. The molecule has 0 aliphatic carbocycles. The first-order chi connectivity index (χ1) is 5.07. The molecule has 0 bridgehead atoms. The first kappa shape index (κ1) is 10.5. The summed E-state index contributed by atoms with van der Waals surface area (Å²) in [6.07, 6.45) is 2.42. The van der Waals surface area contributed by atoms with Crippen LogP contribution in [0.15, 0.2) is 0 Å². The Balaban J connectivity index is 3.63. The van der Waals surface area contributed by atoms with Crippen LogP contribution in [-0.2, 0) is 9.90 Å². The summed E-state index contributed by atoms with van der Waals surface area (Å²) in [7, 11) is 0. The molecule has 2 atom stereocenters. The quantitative estimate of drug-likeness (QED) is 0.603. The van der Waals surface area contributed by atoms with Crippen LogP contribution in [0.1, 0.15) is 40.0 Å². The molecule has 65 valence electrons. The summed E-state index contributed by atoms with van der Waals surface area (Å²) in [5, 5.41) is 10.2. The summed E-state index contributed by atoms with van der Waals surface area (Å²) in [6, 6.07) is 0. The van der Waals surface area contributed by atoms with E-state index in [0.29, 0.717) is 5.92 Å². The minimum Gasteiger partial charge on any atom is -0.247 e. The molecule has 1 radical (unpaired) electrons. The van der Waals surface area contributed by atoms with Gasteiger partial charge < -0.3 is 0 Å². The molecule has 0 rings (SSSR count). The maximum atomic E-state index is 10.2. The predicted octanol–water partition coefficient (Wildman–Crippen LogP) is 2.41. The molecule has 0 aliphatic rings. The Kier molecular flexibility index (Phi) is 4.92. The average Bonchev–Trinajstić information content (AvgIpc) is 1.86. The Morgan fingerprint density at radius 1 is 1.27 bits per heavy atom. The molecule has 0 saturated heterocycles. The van der Waals surface area contributed by atoms with Crippen molar-refractivity contribution in [1.82, 2.24) is 0 Å². The fourth-order valence-corrected chi connectivity index (χ4v) is 1.20. The van der Waals surface area contributed by atoms with Crippen molar-refractivity contribution < 1.29 is 9.90 Å². The Labute approximate surface area is 68.6 Å². The Morgan fingerprint density at radius 3 is 2.18 bits per heavy atom. The van der Waals surface area contributed by atoms with Crippen molar-refractivity contribution in [3.63, 3.8) is 0 Å². The van der Waals surface area contributed by atoms with E-state index in [0.717, 1.165) is 12.8 Å². The summed E-state index contributed by atoms with van der Waals surface area (Å²) in [6.45, 7) is 6.18. The van der Waals surface area contributed by atoms with Gasteiger partial charge in [-0.25, -0.2) is 9.90 Å². The van der Waals surface area contributed by atoms with E-state index in [4.69, 9.17) is 0 Å². The molecule has 0 aromatic carbocycles. The zero-order chi connectivity index (χ0) is 8.85. The summed E-state index contributed by atoms with van der Waals surface area (Å²) >= 11 is 0. The lowest BCUT2D eigenvalue weighted by Gasteiger charge is -2.16. The fraction of sp³-hybridized carbons (Fsp3) is 0.889. The van der Waals surface area contributed by atoms with Gasteiger partial charge in [-0.1, -0.05) is 33.6 Å². The molecular weight excluding hydrogens is 140 g/mol. The highest BCUT2D eigenvalue weighted by molar-refractivity contribution is 5.66. The van der Waals surface area contributed by atoms with E-state index in [1.165, 1.54) is 0 Å². The van der Waals surface area contributed by atoms with Crippen LogP contribution < -0.4 is 0 Å². The molecule has 0 N–H and O–H groups in total. The van der Waals surface area contributed by atoms with E-state index in [9.17, 15) is 9.90 Å². The van der Waals surface area contributed by atoms with Crippen LogP contribution in [-0.4, -0.2) is 5.97 Å². The maximum absolute atomic E-state index is 10.2. The van der Waals surface area contributed by atoms with Crippen LogP contribution in [0.2, 0.25) is 0 Å². The predicted molar refractivity (Wildman–Crippen MR) is 43.5 cm³/mol. The third-order valence-corrected chi connectivity index (χ3v) is 2.20. The number of rotatable bonds is 5. The average molecular weight is 157 g/mol. The summed E-state index contributed by atoms with van der Waals surface area (Å²) < 4.78 is 0. The molecule has 0 spiro atoms. The third kappa shape index (κ3) is 4.82. The normalized spacial score (nSPS) is 15.9. The zero-order valence-corrected chi connectivity index (χ0v) is 7.59. The summed E-state index contributed by atoms with van der Waals surface area (Å²) in [5.74, 6) is -0.182. The second kappa shape index (κ2) is 5.16. The molecular formula is C9H17O2. The van der Waals surface area contributed by atoms with Crippen molar-refractivity contribution in [2.24, 2.45) is 11.8 Å². The van der Waals surface area contributed by atoms with Gasteiger partial charge in [-0.2, -0.15) is 0 Å². The van der Waals surface area contributed by atoms with E-state index < -0.39 is 5.97 Å². The lowest BCUT2D eigenvalue weighted by molar-refractivity contribution is -0.144. The van der Waals surface area contributed by atoms with Crippen LogP contribution in [0.5, 0.6) is 0 Å². The van der Waals surface area contributed by atoms with Crippen LogP contribution in [0.4, 0.5) is 0 Å². The van der Waals surface area contributed by atoms with Crippen molar-refractivity contribution in [1.29, 1.82) is 0 Å². The van der Waals surface area contributed by atoms with Crippen molar-refractivity contribution in [3.05, 3.63) is 0 Å². The monoisotopic (exact) mass is 157 g/mol. The highest BCUT2D eigenvalue weighted by Crippen LogP contribution is 2.19. The van der Waals surface area contributed by atoms with Gasteiger partial charge in [-0.3, -0.25) is 0 Å². The zero-order valence-electron chi connectivity index (χ0n) is 7.59. The van der Waals surface area contributed by atoms with Crippen LogP contribution in [0.25, 0.3) is 0 Å². The first-order valence-electron chi connectivity index (χ1n) is 4.27. The van der Waals surface area contributed by atoms with Gasteiger partial charge in [0.05, 0.1) is 6.42 Å². The lowest BCUT2D eigenvalue weighted by Crippen LogP contribution is -2.11. The van der Waals surface area contributed by atoms with Crippen LogP contribution in [0.3, 0.4) is 0 Å². The Bertz CT molecular complexity index is 121. The molecule has 2 nitrogen and oxygen atoms in total. The Morgan fingerprint density at radius 2 is 1.82 bits per heavy atom. The highest BCUT2D eigenvalue weighted by atomic mass is 16.4. The molecule has 0 saturated carbocycles. The highest BCUT2D eigenvalue weighted by Gasteiger charge is 2.15. The largest absolute Gasteiger partial charge is 0.355 e. The second-order valence-electron chi connectivity index (χ2n) is 3.32. The summed E-state index contributed by atoms with van der Waals surface area (Å²) in [4.78, 5) is 10.2. The number of carbonyl (C=O) groups is 1. The first-order valence-corrected chi connectivity index (χ1v) is 4.27. The Hall–Kier alpha value is -0.530. The van der Waals surface area contributed by atoms with E-state index in [2.05, 4.69) is 13.8 Å². The molecule has 2 unspecified atom stereocenters. The van der Waals surface area contributed by atoms with Gasteiger partial charge in [0, 0.05) is 0 Å². The fourth-order valence-electron chi connectivity index (χ4n) is 1.20. The number of carbonyl (C=O) groups excluding carboxylic acids is 1. The smallest absolute Gasteiger partial charge is 0.247 e. The van der Waals surface area contributed by atoms with E-state index >= 15 is 0 Å². The molecule has 0 amide bonds. The lowest BCUT2D eigenvalue weighted by atomic mass is 9.89. The third-order valence-electron chi connectivity index (χ3n) is 2.20. The molecule has 0 aliphatic heterocycles. The van der Waals surface area contributed by atoms with Gasteiger partial charge in [-0.15, -0.1) is 0 Å². The van der Waals surface area contributed by atoms with E-state index in [1.807, 2.05) is 6.92 Å². The molecule has 0 heterocycles. The van der Waals surface area contributed by atoms with Crippen LogP contribution in [0, 0.1) is 11.8 Å². The van der Waals surface area contributed by atoms with Crippen molar-refractivity contribution in [3.8, 4) is 0 Å².